The Hall–Kier alpha value is -1.02. The number of methoxy groups -OCH3 is 1. The highest BCUT2D eigenvalue weighted by atomic mass is 35.5. The average Bonchev–Trinajstić information content (AvgIpc) is 2.22. The highest BCUT2D eigenvalue weighted by Gasteiger charge is 2.14. The first kappa shape index (κ1) is 16.0. The summed E-state index contributed by atoms with van der Waals surface area (Å²) in [5.74, 6) is -0.143. The summed E-state index contributed by atoms with van der Waals surface area (Å²) in [6, 6.07) is 3.71. The molecule has 4 N–H and O–H groups in total. The van der Waals surface area contributed by atoms with Crippen molar-refractivity contribution < 1.29 is 18.3 Å². The lowest BCUT2D eigenvalue weighted by atomic mass is 10.3. The van der Waals surface area contributed by atoms with Crippen LogP contribution < -0.4 is 10.5 Å². The van der Waals surface area contributed by atoms with Gasteiger partial charge in [-0.2, -0.15) is 0 Å². The minimum Gasteiger partial charge on any atom is -0.506 e. The van der Waals surface area contributed by atoms with Gasteiger partial charge in [-0.25, -0.2) is 13.1 Å². The molecular weight excluding hydrogens is 268 g/mol. The van der Waals surface area contributed by atoms with Gasteiger partial charge in [0, 0.05) is 13.7 Å². The number of hydrogen-bond donors (Lipinski definition) is 3. The summed E-state index contributed by atoms with van der Waals surface area (Å²) < 4.78 is 30.4. The van der Waals surface area contributed by atoms with Gasteiger partial charge in [0.1, 0.15) is 5.75 Å². The second kappa shape index (κ2) is 6.65. The number of phenolic OH excluding ortho intramolecular Hbond substituents is 1. The molecule has 0 atom stereocenters. The van der Waals surface area contributed by atoms with E-state index >= 15 is 0 Å². The van der Waals surface area contributed by atoms with Crippen molar-refractivity contribution in [1.29, 1.82) is 0 Å². The second-order valence-electron chi connectivity index (χ2n) is 3.11. The molecular formula is C9H15ClN2O4S. The topological polar surface area (TPSA) is 102 Å². The third-order valence-corrected chi connectivity index (χ3v) is 3.37. The number of nitrogens with one attached hydrogen (secondary N) is 1. The van der Waals surface area contributed by atoms with Crippen LogP contribution in [0.3, 0.4) is 0 Å². The standard InChI is InChI=1S/C9H14N2O4S.ClH/c1-15-5-4-11-16(13,14)7-2-3-9(12)8(10)6-7;/h2-3,6,11-12H,4-5,10H2,1H3;1H. The Labute approximate surface area is 106 Å². The molecule has 0 bridgehead atoms. The fraction of sp³-hybridized carbons (Fsp3) is 0.333. The zero-order chi connectivity index (χ0) is 12.2. The molecule has 0 aliphatic carbocycles. The Morgan fingerprint density at radius 1 is 1.47 bits per heavy atom. The molecule has 0 saturated heterocycles. The smallest absolute Gasteiger partial charge is 0.240 e. The number of nitrogen functional groups attached to an aromatic ring is 1. The zero-order valence-electron chi connectivity index (χ0n) is 9.21. The summed E-state index contributed by atoms with van der Waals surface area (Å²) in [5, 5.41) is 9.16. The van der Waals surface area contributed by atoms with Gasteiger partial charge in [0.25, 0.3) is 0 Å². The number of rotatable bonds is 5. The fourth-order valence-corrected chi connectivity index (χ4v) is 2.11. The first-order valence-electron chi connectivity index (χ1n) is 4.54. The summed E-state index contributed by atoms with van der Waals surface area (Å²) in [7, 11) is -2.11. The van der Waals surface area contributed by atoms with E-state index in [9.17, 15) is 8.42 Å². The molecule has 0 fully saturated rings. The van der Waals surface area contributed by atoms with Crippen molar-refractivity contribution in [2.75, 3.05) is 26.0 Å². The highest BCUT2D eigenvalue weighted by Crippen LogP contribution is 2.22. The van der Waals surface area contributed by atoms with E-state index in [0.717, 1.165) is 0 Å². The first-order valence-corrected chi connectivity index (χ1v) is 6.03. The van der Waals surface area contributed by atoms with Gasteiger partial charge in [-0.3, -0.25) is 0 Å². The molecule has 0 saturated carbocycles. The average molecular weight is 283 g/mol. The molecule has 17 heavy (non-hydrogen) atoms. The van der Waals surface area contributed by atoms with E-state index < -0.39 is 10.0 Å². The summed E-state index contributed by atoms with van der Waals surface area (Å²) in [6.45, 7) is 0.465. The van der Waals surface area contributed by atoms with Gasteiger partial charge in [-0.05, 0) is 18.2 Å². The molecule has 0 heterocycles. The molecule has 0 aliphatic heterocycles. The minimum absolute atomic E-state index is 0. The Morgan fingerprint density at radius 3 is 2.65 bits per heavy atom. The Kier molecular flexibility index (Phi) is 6.25. The maximum absolute atomic E-state index is 11.7. The van der Waals surface area contributed by atoms with Crippen LogP contribution in [-0.2, 0) is 14.8 Å². The van der Waals surface area contributed by atoms with Crippen molar-refractivity contribution in [3.8, 4) is 5.75 Å². The van der Waals surface area contributed by atoms with Gasteiger partial charge in [0.15, 0.2) is 0 Å². The van der Waals surface area contributed by atoms with Crippen LogP contribution in [0.4, 0.5) is 5.69 Å². The van der Waals surface area contributed by atoms with Gasteiger partial charge < -0.3 is 15.6 Å². The normalized spacial score (nSPS) is 10.9. The largest absolute Gasteiger partial charge is 0.506 e. The van der Waals surface area contributed by atoms with E-state index in [2.05, 4.69) is 4.72 Å². The SMILES string of the molecule is COCCNS(=O)(=O)c1ccc(O)c(N)c1.Cl. The van der Waals surface area contributed by atoms with Crippen molar-refractivity contribution in [3.05, 3.63) is 18.2 Å². The van der Waals surface area contributed by atoms with Crippen LogP contribution in [0, 0.1) is 0 Å². The number of benzene rings is 1. The van der Waals surface area contributed by atoms with Gasteiger partial charge in [-0.1, -0.05) is 0 Å². The number of ether oxygens (including phenoxy) is 1. The molecule has 6 nitrogen and oxygen atoms in total. The quantitative estimate of drug-likeness (QED) is 0.410. The zero-order valence-corrected chi connectivity index (χ0v) is 10.8. The summed E-state index contributed by atoms with van der Waals surface area (Å²) in [5.41, 5.74) is 5.43. The maximum Gasteiger partial charge on any atom is 0.240 e. The van der Waals surface area contributed by atoms with E-state index in [-0.39, 0.29) is 41.9 Å². The molecule has 0 spiro atoms. The van der Waals surface area contributed by atoms with E-state index in [4.69, 9.17) is 15.6 Å². The number of phenols is 1. The van der Waals surface area contributed by atoms with Crippen LogP contribution in [0.5, 0.6) is 5.75 Å². The highest BCUT2D eigenvalue weighted by molar-refractivity contribution is 7.89. The van der Waals surface area contributed by atoms with Crippen LogP contribution in [0.1, 0.15) is 0 Å². The maximum atomic E-state index is 11.7. The predicted molar refractivity (Wildman–Crippen MR) is 66.8 cm³/mol. The van der Waals surface area contributed by atoms with Gasteiger partial charge >= 0.3 is 0 Å². The monoisotopic (exact) mass is 282 g/mol. The number of anilines is 1. The van der Waals surface area contributed by atoms with Crippen LogP contribution in [0.2, 0.25) is 0 Å². The third kappa shape index (κ3) is 4.39. The van der Waals surface area contributed by atoms with E-state index in [1.165, 1.54) is 25.3 Å². The lowest BCUT2D eigenvalue weighted by molar-refractivity contribution is 0.204. The summed E-state index contributed by atoms with van der Waals surface area (Å²) in [4.78, 5) is 0.0129. The molecule has 1 aromatic carbocycles. The van der Waals surface area contributed by atoms with E-state index in [1.807, 2.05) is 0 Å². The number of aromatic hydroxyl groups is 1. The molecule has 0 aliphatic rings. The van der Waals surface area contributed by atoms with Crippen molar-refractivity contribution >= 4 is 28.1 Å². The van der Waals surface area contributed by atoms with Crippen LogP contribution >= 0.6 is 12.4 Å². The van der Waals surface area contributed by atoms with Crippen molar-refractivity contribution in [2.45, 2.75) is 4.90 Å². The molecule has 0 radical (unpaired) electrons. The molecule has 0 unspecified atom stereocenters. The molecule has 98 valence electrons. The van der Waals surface area contributed by atoms with Crippen LogP contribution in [0.25, 0.3) is 0 Å². The molecule has 0 amide bonds. The lowest BCUT2D eigenvalue weighted by Gasteiger charge is -2.07. The third-order valence-electron chi connectivity index (χ3n) is 1.91. The number of nitrogens with two attached hydrogens (primary N) is 1. The molecule has 1 aromatic rings. The van der Waals surface area contributed by atoms with Crippen LogP contribution in [-0.4, -0.2) is 33.8 Å². The summed E-state index contributed by atoms with van der Waals surface area (Å²) in [6.07, 6.45) is 0. The molecule has 0 aromatic heterocycles. The lowest BCUT2D eigenvalue weighted by Crippen LogP contribution is -2.27. The molecule has 8 heteroatoms. The fourth-order valence-electron chi connectivity index (χ4n) is 1.06. The van der Waals surface area contributed by atoms with Crippen molar-refractivity contribution in [3.63, 3.8) is 0 Å². The molecule has 1 rings (SSSR count). The predicted octanol–water partition coefficient (Wildman–Crippen LogP) is 0.321. The van der Waals surface area contributed by atoms with Gasteiger partial charge in [0.05, 0.1) is 17.2 Å². The van der Waals surface area contributed by atoms with Crippen molar-refractivity contribution in [1.82, 2.24) is 4.72 Å². The second-order valence-corrected chi connectivity index (χ2v) is 4.88. The Morgan fingerprint density at radius 2 is 2.12 bits per heavy atom. The number of hydrogen-bond acceptors (Lipinski definition) is 5. The van der Waals surface area contributed by atoms with Crippen molar-refractivity contribution in [2.24, 2.45) is 0 Å². The Balaban J connectivity index is 0.00000256. The van der Waals surface area contributed by atoms with Gasteiger partial charge in [0.2, 0.25) is 10.0 Å². The Bertz CT molecular complexity index is 464. The van der Waals surface area contributed by atoms with E-state index in [1.54, 1.807) is 0 Å². The number of halogens is 1. The number of sulfonamides is 1. The first-order chi connectivity index (χ1) is 7.47. The minimum atomic E-state index is -3.59. The van der Waals surface area contributed by atoms with Crippen LogP contribution in [0.15, 0.2) is 23.1 Å². The summed E-state index contributed by atoms with van der Waals surface area (Å²) >= 11 is 0. The van der Waals surface area contributed by atoms with Gasteiger partial charge in [-0.15, -0.1) is 12.4 Å². The van der Waals surface area contributed by atoms with E-state index in [0.29, 0.717) is 0 Å².